The highest BCUT2D eigenvalue weighted by Crippen LogP contribution is 2.13. The van der Waals surface area contributed by atoms with E-state index < -0.39 is 5.97 Å². The lowest BCUT2D eigenvalue weighted by molar-refractivity contribution is -0.124. The minimum Gasteiger partial charge on any atom is -0.476 e. The van der Waals surface area contributed by atoms with Gasteiger partial charge < -0.3 is 10.4 Å². The van der Waals surface area contributed by atoms with E-state index in [1.807, 2.05) is 6.92 Å². The molecule has 0 bridgehead atoms. The van der Waals surface area contributed by atoms with Gasteiger partial charge in [-0.1, -0.05) is 25.1 Å². The van der Waals surface area contributed by atoms with E-state index in [1.54, 1.807) is 18.2 Å². The van der Waals surface area contributed by atoms with Crippen molar-refractivity contribution in [1.29, 1.82) is 0 Å². The predicted octanol–water partition coefficient (Wildman–Crippen LogP) is 2.91. The monoisotopic (exact) mass is 350 g/mol. The van der Waals surface area contributed by atoms with Crippen molar-refractivity contribution in [2.45, 2.75) is 26.2 Å². The summed E-state index contributed by atoms with van der Waals surface area (Å²) < 4.78 is 13.5. The summed E-state index contributed by atoms with van der Waals surface area (Å²) >= 11 is 1.26. The van der Waals surface area contributed by atoms with Gasteiger partial charge in [-0.25, -0.2) is 14.2 Å². The van der Waals surface area contributed by atoms with Crippen molar-refractivity contribution in [3.05, 3.63) is 51.7 Å². The molecule has 24 heavy (non-hydrogen) atoms. The predicted molar refractivity (Wildman–Crippen MR) is 89.7 cm³/mol. The van der Waals surface area contributed by atoms with Crippen molar-refractivity contribution >= 4 is 23.2 Å². The second-order valence-corrected chi connectivity index (χ2v) is 6.45. The number of hydrogen-bond acceptors (Lipinski definition) is 4. The van der Waals surface area contributed by atoms with Crippen LogP contribution in [0.2, 0.25) is 0 Å². The van der Waals surface area contributed by atoms with Gasteiger partial charge >= 0.3 is 5.97 Å². The Bertz CT molecular complexity index is 717. The Hall–Kier alpha value is -2.28. The molecule has 7 heteroatoms. The van der Waals surface area contributed by atoms with Gasteiger partial charge in [0.25, 0.3) is 0 Å². The maximum Gasteiger partial charge on any atom is 0.355 e. The van der Waals surface area contributed by atoms with Crippen LogP contribution >= 0.6 is 11.3 Å². The number of hydrogen-bond donors (Lipinski definition) is 2. The zero-order chi connectivity index (χ0) is 17.5. The van der Waals surface area contributed by atoms with Crippen LogP contribution in [0.15, 0.2) is 29.6 Å². The lowest BCUT2D eigenvalue weighted by Gasteiger charge is -2.12. The van der Waals surface area contributed by atoms with Gasteiger partial charge in [0.2, 0.25) is 5.91 Å². The van der Waals surface area contributed by atoms with E-state index in [0.29, 0.717) is 36.4 Å². The number of carbonyl (C=O) groups is 2. The summed E-state index contributed by atoms with van der Waals surface area (Å²) in [4.78, 5) is 26.7. The number of halogens is 1. The first kappa shape index (κ1) is 18.1. The van der Waals surface area contributed by atoms with Crippen LogP contribution in [-0.4, -0.2) is 28.5 Å². The van der Waals surface area contributed by atoms with Gasteiger partial charge in [-0.05, 0) is 24.5 Å². The van der Waals surface area contributed by atoms with E-state index in [0.717, 1.165) is 0 Å². The maximum atomic E-state index is 13.5. The molecule has 0 saturated heterocycles. The van der Waals surface area contributed by atoms with Crippen molar-refractivity contribution in [2.24, 2.45) is 5.92 Å². The second-order valence-electron chi connectivity index (χ2n) is 5.50. The number of carboxylic acids is 1. The van der Waals surface area contributed by atoms with E-state index in [-0.39, 0.29) is 23.3 Å². The van der Waals surface area contributed by atoms with E-state index in [2.05, 4.69) is 10.3 Å². The highest BCUT2D eigenvalue weighted by atomic mass is 32.1. The van der Waals surface area contributed by atoms with Gasteiger partial charge in [0.1, 0.15) is 5.82 Å². The van der Waals surface area contributed by atoms with Gasteiger partial charge in [-0.15, -0.1) is 11.3 Å². The third-order valence-electron chi connectivity index (χ3n) is 3.66. The molecule has 0 fully saturated rings. The van der Waals surface area contributed by atoms with Crippen molar-refractivity contribution in [3.8, 4) is 0 Å². The number of thiazole rings is 1. The van der Waals surface area contributed by atoms with Crippen LogP contribution < -0.4 is 5.32 Å². The van der Waals surface area contributed by atoms with Crippen LogP contribution in [0.25, 0.3) is 0 Å². The van der Waals surface area contributed by atoms with Gasteiger partial charge in [0.15, 0.2) is 5.69 Å². The topological polar surface area (TPSA) is 79.3 Å². The molecule has 1 atom stereocenters. The smallest absolute Gasteiger partial charge is 0.355 e. The number of rotatable bonds is 8. The first-order valence-electron chi connectivity index (χ1n) is 7.66. The molecule has 0 spiro atoms. The minimum absolute atomic E-state index is 0.0274. The summed E-state index contributed by atoms with van der Waals surface area (Å²) in [5, 5.41) is 13.8. The van der Waals surface area contributed by atoms with Crippen molar-refractivity contribution in [1.82, 2.24) is 10.3 Å². The number of benzene rings is 1. The molecule has 1 aromatic carbocycles. The quantitative estimate of drug-likeness (QED) is 0.767. The van der Waals surface area contributed by atoms with Crippen LogP contribution in [0.5, 0.6) is 0 Å². The average molecular weight is 350 g/mol. The van der Waals surface area contributed by atoms with E-state index in [1.165, 1.54) is 22.8 Å². The second kappa shape index (κ2) is 8.54. The third kappa shape index (κ3) is 5.13. The number of aromatic carboxylic acids is 1. The fourth-order valence-electron chi connectivity index (χ4n) is 2.20. The summed E-state index contributed by atoms with van der Waals surface area (Å²) in [7, 11) is 0. The highest BCUT2D eigenvalue weighted by molar-refractivity contribution is 7.09. The Morgan fingerprint density at radius 3 is 2.75 bits per heavy atom. The first-order chi connectivity index (χ1) is 11.5. The molecule has 5 nitrogen and oxygen atoms in total. The number of aryl methyl sites for hydroxylation is 1. The van der Waals surface area contributed by atoms with Gasteiger partial charge in [-0.2, -0.15) is 0 Å². The molecular formula is C17H19FN2O3S. The molecule has 1 unspecified atom stereocenters. The van der Waals surface area contributed by atoms with Crippen LogP contribution in [0.1, 0.15) is 34.4 Å². The number of nitrogens with one attached hydrogen (secondary N) is 1. The molecule has 2 rings (SSSR count). The van der Waals surface area contributed by atoms with Crippen LogP contribution in [-0.2, 0) is 17.6 Å². The fraction of sp³-hybridized carbons (Fsp3) is 0.353. The first-order valence-corrected chi connectivity index (χ1v) is 8.54. The van der Waals surface area contributed by atoms with Crippen LogP contribution in [0.3, 0.4) is 0 Å². The van der Waals surface area contributed by atoms with Crippen molar-refractivity contribution in [3.63, 3.8) is 0 Å². The van der Waals surface area contributed by atoms with Gasteiger partial charge in [-0.3, -0.25) is 4.79 Å². The molecule has 1 aromatic heterocycles. The Morgan fingerprint density at radius 1 is 1.33 bits per heavy atom. The molecule has 0 aliphatic carbocycles. The normalized spacial score (nSPS) is 11.9. The summed E-state index contributed by atoms with van der Waals surface area (Å²) in [5.74, 6) is -1.62. The zero-order valence-corrected chi connectivity index (χ0v) is 14.1. The molecule has 0 aliphatic rings. The lowest BCUT2D eigenvalue weighted by Crippen LogP contribution is -2.31. The molecule has 0 aliphatic heterocycles. The maximum absolute atomic E-state index is 13.5. The molecule has 0 radical (unpaired) electrons. The largest absolute Gasteiger partial charge is 0.476 e. The van der Waals surface area contributed by atoms with Crippen molar-refractivity contribution in [2.75, 3.05) is 6.54 Å². The van der Waals surface area contributed by atoms with Gasteiger partial charge in [0.05, 0.1) is 5.01 Å². The summed E-state index contributed by atoms with van der Waals surface area (Å²) in [5.41, 5.74) is 0.640. The lowest BCUT2D eigenvalue weighted by atomic mass is 10.00. The zero-order valence-electron chi connectivity index (χ0n) is 13.3. The van der Waals surface area contributed by atoms with Crippen LogP contribution in [0.4, 0.5) is 4.39 Å². The Kier molecular flexibility index (Phi) is 6.43. The van der Waals surface area contributed by atoms with Crippen molar-refractivity contribution < 1.29 is 19.1 Å². The van der Waals surface area contributed by atoms with E-state index >= 15 is 0 Å². The molecule has 2 N–H and O–H groups in total. The number of aromatic nitrogens is 1. The van der Waals surface area contributed by atoms with Gasteiger partial charge in [0, 0.05) is 24.3 Å². The third-order valence-corrected chi connectivity index (χ3v) is 4.57. The standard InChI is InChI=1S/C17H19FN2O3S/c1-11(6-7-12-4-2-3-5-13(12)18)16(21)19-9-8-15-20-14(10-24-15)17(22)23/h2-5,10-11H,6-9H2,1H3,(H,19,21)(H,22,23). The molecule has 128 valence electrons. The van der Waals surface area contributed by atoms with E-state index in [9.17, 15) is 14.0 Å². The molecule has 1 amide bonds. The number of amides is 1. The summed E-state index contributed by atoms with van der Waals surface area (Å²) in [6.07, 6.45) is 1.56. The molecule has 2 aromatic rings. The fourth-order valence-corrected chi connectivity index (χ4v) is 2.97. The van der Waals surface area contributed by atoms with Crippen LogP contribution in [0, 0.1) is 11.7 Å². The molecular weight excluding hydrogens is 331 g/mol. The molecule has 1 heterocycles. The number of carboxylic acid groups (broad SMARTS) is 1. The highest BCUT2D eigenvalue weighted by Gasteiger charge is 2.14. The molecule has 0 saturated carbocycles. The number of carbonyl (C=O) groups excluding carboxylic acids is 1. The summed E-state index contributed by atoms with van der Waals surface area (Å²) in [6.45, 7) is 2.21. The Morgan fingerprint density at radius 2 is 2.08 bits per heavy atom. The average Bonchev–Trinajstić information content (AvgIpc) is 3.03. The number of nitrogens with zero attached hydrogens (tertiary/aromatic N) is 1. The Balaban J connectivity index is 1.73. The van der Waals surface area contributed by atoms with E-state index in [4.69, 9.17) is 5.11 Å². The SMILES string of the molecule is CC(CCc1ccccc1F)C(=O)NCCc1nc(C(=O)O)cs1. The Labute approximate surface area is 143 Å². The summed E-state index contributed by atoms with van der Waals surface area (Å²) in [6, 6.07) is 6.56. The minimum atomic E-state index is -1.05.